The molecule has 2 aromatic carbocycles. The van der Waals surface area contributed by atoms with Crippen LogP contribution in [0.25, 0.3) is 0 Å². The highest BCUT2D eigenvalue weighted by Crippen LogP contribution is 2.33. The molecule has 0 spiro atoms. The van der Waals surface area contributed by atoms with Gasteiger partial charge in [0.25, 0.3) is 11.6 Å². The van der Waals surface area contributed by atoms with Crippen molar-refractivity contribution in [3.63, 3.8) is 0 Å². The average molecular weight is 440 g/mol. The molecular formula is C22H24N4O6. The first-order chi connectivity index (χ1) is 15.4. The highest BCUT2D eigenvalue weighted by atomic mass is 16.6. The molecule has 10 nitrogen and oxygen atoms in total. The maximum absolute atomic E-state index is 13.0. The Balaban J connectivity index is 1.50. The number of nitro groups is 1. The molecule has 2 amide bonds. The number of fused-ring (bicyclic) bond motifs is 1. The third kappa shape index (κ3) is 4.50. The molecule has 1 atom stereocenters. The highest BCUT2D eigenvalue weighted by molar-refractivity contribution is 5.96. The number of morpholine rings is 1. The van der Waals surface area contributed by atoms with Gasteiger partial charge in [-0.3, -0.25) is 19.7 Å². The normalized spacial score (nSPS) is 17.8. The summed E-state index contributed by atoms with van der Waals surface area (Å²) in [6, 6.07) is 11.8. The van der Waals surface area contributed by atoms with Crippen molar-refractivity contribution >= 4 is 28.9 Å². The Morgan fingerprint density at radius 1 is 1.16 bits per heavy atom. The fourth-order valence-corrected chi connectivity index (χ4v) is 3.89. The number of para-hydroxylation sites is 2. The Bertz CT molecular complexity index is 1040. The number of nitro benzene ring substituents is 1. The molecule has 0 bridgehead atoms. The summed E-state index contributed by atoms with van der Waals surface area (Å²) in [6.45, 7) is 3.77. The fraction of sp³-hybridized carbons (Fsp3) is 0.364. The fourth-order valence-electron chi connectivity index (χ4n) is 3.89. The molecule has 0 radical (unpaired) electrons. The molecule has 0 aliphatic carbocycles. The van der Waals surface area contributed by atoms with E-state index in [1.54, 1.807) is 28.9 Å². The number of benzene rings is 2. The Kier molecular flexibility index (Phi) is 6.22. The summed E-state index contributed by atoms with van der Waals surface area (Å²) in [5.41, 5.74) is 1.42. The van der Waals surface area contributed by atoms with E-state index < -0.39 is 11.0 Å². The van der Waals surface area contributed by atoms with Crippen molar-refractivity contribution in [3.05, 3.63) is 58.1 Å². The molecule has 1 N–H and O–H groups in total. The van der Waals surface area contributed by atoms with E-state index in [9.17, 15) is 19.7 Å². The molecule has 0 aromatic heterocycles. The lowest BCUT2D eigenvalue weighted by Gasteiger charge is -2.38. The van der Waals surface area contributed by atoms with Crippen molar-refractivity contribution in [2.24, 2.45) is 0 Å². The summed E-state index contributed by atoms with van der Waals surface area (Å²) in [5, 5.41) is 13.9. The van der Waals surface area contributed by atoms with Crippen LogP contribution in [0.5, 0.6) is 5.75 Å². The number of ether oxygens (including phenoxy) is 2. The Labute approximate surface area is 184 Å². The Morgan fingerprint density at radius 3 is 2.66 bits per heavy atom. The van der Waals surface area contributed by atoms with E-state index in [0.29, 0.717) is 49.0 Å². The second-order valence-electron chi connectivity index (χ2n) is 7.65. The van der Waals surface area contributed by atoms with Gasteiger partial charge in [0, 0.05) is 19.2 Å². The van der Waals surface area contributed by atoms with Gasteiger partial charge >= 0.3 is 0 Å². The first-order valence-electron chi connectivity index (χ1n) is 10.3. The van der Waals surface area contributed by atoms with Crippen LogP contribution in [0.3, 0.4) is 0 Å². The van der Waals surface area contributed by atoms with Gasteiger partial charge in [-0.1, -0.05) is 18.2 Å². The van der Waals surface area contributed by atoms with E-state index in [0.717, 1.165) is 0 Å². The molecule has 0 saturated carbocycles. The number of nitrogens with zero attached hydrogens (tertiary/aromatic N) is 3. The zero-order valence-corrected chi connectivity index (χ0v) is 17.7. The molecule has 10 heteroatoms. The van der Waals surface area contributed by atoms with Gasteiger partial charge < -0.3 is 24.6 Å². The summed E-state index contributed by atoms with van der Waals surface area (Å²) in [7, 11) is 0. The summed E-state index contributed by atoms with van der Waals surface area (Å²) in [6.07, 6.45) is -0.740. The predicted molar refractivity (Wildman–Crippen MR) is 117 cm³/mol. The molecule has 168 valence electrons. The lowest BCUT2D eigenvalue weighted by molar-refractivity contribution is -0.385. The van der Waals surface area contributed by atoms with Gasteiger partial charge in [-0.2, -0.15) is 0 Å². The molecule has 32 heavy (non-hydrogen) atoms. The number of carbonyl (C=O) groups is 2. The zero-order valence-electron chi connectivity index (χ0n) is 17.7. The Hall–Kier alpha value is -3.66. The second kappa shape index (κ2) is 9.23. The third-order valence-electron chi connectivity index (χ3n) is 5.57. The molecule has 4 rings (SSSR count). The minimum Gasteiger partial charge on any atom is -0.477 e. The van der Waals surface area contributed by atoms with E-state index in [2.05, 4.69) is 5.32 Å². The standard InChI is InChI=1S/C22H24N4O6/c1-15-16(5-4-7-17(15)26(29)30)23-21(27)14-25-13-20(22(28)24-9-11-31-12-10-24)32-19-8-3-2-6-18(19)25/h2-8,20H,9-14H2,1H3,(H,23,27)/t20-/m0/s1. The summed E-state index contributed by atoms with van der Waals surface area (Å²) in [5.74, 6) is 0.0512. The van der Waals surface area contributed by atoms with Crippen molar-refractivity contribution in [3.8, 4) is 5.75 Å². The monoisotopic (exact) mass is 440 g/mol. The average Bonchev–Trinajstić information content (AvgIpc) is 2.80. The molecule has 2 aliphatic rings. The number of nitrogens with one attached hydrogen (secondary N) is 1. The molecule has 2 heterocycles. The number of anilines is 2. The minimum absolute atomic E-state index is 0.0323. The largest absolute Gasteiger partial charge is 0.477 e. The van der Waals surface area contributed by atoms with Crippen LogP contribution in [-0.2, 0) is 14.3 Å². The van der Waals surface area contributed by atoms with E-state index in [4.69, 9.17) is 9.47 Å². The minimum atomic E-state index is -0.740. The summed E-state index contributed by atoms with van der Waals surface area (Å²) in [4.78, 5) is 40.0. The van der Waals surface area contributed by atoms with Gasteiger partial charge in [0.05, 0.1) is 48.2 Å². The molecule has 0 unspecified atom stereocenters. The van der Waals surface area contributed by atoms with Crippen LogP contribution in [0.4, 0.5) is 17.1 Å². The quantitative estimate of drug-likeness (QED) is 0.558. The molecule has 1 fully saturated rings. The van der Waals surface area contributed by atoms with Crippen LogP contribution in [0, 0.1) is 17.0 Å². The molecule has 2 aromatic rings. The van der Waals surface area contributed by atoms with Gasteiger partial charge in [-0.05, 0) is 25.1 Å². The van der Waals surface area contributed by atoms with Gasteiger partial charge in [0.15, 0.2) is 6.10 Å². The van der Waals surface area contributed by atoms with Gasteiger partial charge in [-0.25, -0.2) is 0 Å². The number of amides is 2. The summed E-state index contributed by atoms with van der Waals surface area (Å²) >= 11 is 0. The SMILES string of the molecule is Cc1c(NC(=O)CN2C[C@@H](C(=O)N3CCOCC3)Oc3ccccc32)cccc1[N+](=O)[O-]. The van der Waals surface area contributed by atoms with Crippen molar-refractivity contribution in [1.82, 2.24) is 4.90 Å². The zero-order chi connectivity index (χ0) is 22.7. The van der Waals surface area contributed by atoms with E-state index in [1.165, 1.54) is 12.1 Å². The van der Waals surface area contributed by atoms with Gasteiger partial charge in [0.1, 0.15) is 5.75 Å². The van der Waals surface area contributed by atoms with Crippen molar-refractivity contribution in [1.29, 1.82) is 0 Å². The van der Waals surface area contributed by atoms with Crippen LogP contribution in [0.1, 0.15) is 5.56 Å². The Morgan fingerprint density at radius 2 is 1.91 bits per heavy atom. The van der Waals surface area contributed by atoms with Crippen molar-refractivity contribution in [2.45, 2.75) is 13.0 Å². The topological polar surface area (TPSA) is 114 Å². The summed E-state index contributed by atoms with van der Waals surface area (Å²) < 4.78 is 11.3. The van der Waals surface area contributed by atoms with Crippen LogP contribution < -0.4 is 15.0 Å². The lowest BCUT2D eigenvalue weighted by atomic mass is 10.1. The van der Waals surface area contributed by atoms with E-state index in [1.807, 2.05) is 18.2 Å². The number of carbonyl (C=O) groups excluding carboxylic acids is 2. The van der Waals surface area contributed by atoms with E-state index in [-0.39, 0.29) is 30.6 Å². The van der Waals surface area contributed by atoms with Crippen molar-refractivity contribution < 1.29 is 24.0 Å². The first-order valence-corrected chi connectivity index (χ1v) is 10.3. The molecule has 2 aliphatic heterocycles. The number of hydrogen-bond donors (Lipinski definition) is 1. The maximum atomic E-state index is 13.0. The van der Waals surface area contributed by atoms with Crippen LogP contribution >= 0.6 is 0 Å². The van der Waals surface area contributed by atoms with Crippen LogP contribution in [0.2, 0.25) is 0 Å². The molecule has 1 saturated heterocycles. The third-order valence-corrected chi connectivity index (χ3v) is 5.57. The lowest BCUT2D eigenvalue weighted by Crippen LogP contribution is -2.53. The molecular weight excluding hydrogens is 416 g/mol. The van der Waals surface area contributed by atoms with E-state index >= 15 is 0 Å². The number of hydrogen-bond acceptors (Lipinski definition) is 7. The van der Waals surface area contributed by atoms with Gasteiger partial charge in [0.2, 0.25) is 5.91 Å². The number of rotatable bonds is 5. The van der Waals surface area contributed by atoms with Gasteiger partial charge in [-0.15, -0.1) is 0 Å². The second-order valence-corrected chi connectivity index (χ2v) is 7.65. The maximum Gasteiger partial charge on any atom is 0.274 e. The van der Waals surface area contributed by atoms with Crippen LogP contribution in [0.15, 0.2) is 42.5 Å². The highest BCUT2D eigenvalue weighted by Gasteiger charge is 2.34. The first kappa shape index (κ1) is 21.6. The smallest absolute Gasteiger partial charge is 0.274 e. The van der Waals surface area contributed by atoms with Crippen molar-refractivity contribution in [2.75, 3.05) is 49.6 Å². The van der Waals surface area contributed by atoms with Crippen LogP contribution in [-0.4, -0.2) is 67.1 Å². The predicted octanol–water partition coefficient (Wildman–Crippen LogP) is 1.97.